The number of tetrazole rings is 1. The summed E-state index contributed by atoms with van der Waals surface area (Å²) in [6.07, 6.45) is 0. The lowest BCUT2D eigenvalue weighted by Crippen LogP contribution is -2.19. The number of likely N-dealkylation sites (N-methyl/N-ethyl adjacent to an activating group) is 1. The fraction of sp³-hybridized carbons (Fsp3) is 0.700. The van der Waals surface area contributed by atoms with Gasteiger partial charge in [-0.1, -0.05) is 30.4 Å². The largest absolute Gasteiger partial charge is 0.409 e. The third-order valence-electron chi connectivity index (χ3n) is 2.94. The molecule has 1 aromatic rings. The maximum absolute atomic E-state index is 7.61. The van der Waals surface area contributed by atoms with Crippen molar-refractivity contribution < 1.29 is 10.4 Å². The molecule has 0 unspecified atom stereocenters. The van der Waals surface area contributed by atoms with Crippen LogP contribution < -0.4 is 16.8 Å². The molecule has 0 saturated carbocycles. The molecule has 9 N–H and O–H groups in total. The Morgan fingerprint density at radius 2 is 1.43 bits per heavy atom. The van der Waals surface area contributed by atoms with E-state index >= 15 is 0 Å². The fourth-order valence-electron chi connectivity index (χ4n) is 1.37. The van der Waals surface area contributed by atoms with E-state index in [1.807, 2.05) is 13.8 Å². The van der Waals surface area contributed by atoms with Crippen molar-refractivity contribution in [3.8, 4) is 0 Å². The van der Waals surface area contributed by atoms with Gasteiger partial charge in [0.2, 0.25) is 0 Å². The molecule has 0 atom stereocenters. The summed E-state index contributed by atoms with van der Waals surface area (Å²) in [5.74, 6) is 3.29. The number of aromatic nitrogens is 4. The van der Waals surface area contributed by atoms with Crippen molar-refractivity contribution in [2.24, 2.45) is 31.8 Å². The van der Waals surface area contributed by atoms with Crippen LogP contribution in [0.4, 0.5) is 0 Å². The summed E-state index contributed by atoms with van der Waals surface area (Å²) in [7, 11) is 2.06. The third-order valence-corrected chi connectivity index (χ3v) is 2.94. The highest BCUT2D eigenvalue weighted by Gasteiger charge is 2.04. The molecule has 206 valence electrons. The fourth-order valence-corrected chi connectivity index (χ4v) is 1.37. The van der Waals surface area contributed by atoms with E-state index in [4.69, 9.17) is 27.3 Å². The van der Waals surface area contributed by atoms with Crippen molar-refractivity contribution in [3.05, 3.63) is 5.82 Å². The molecular formula is C20H49N13O2. The number of aryl methyl sites for hydroxylation is 1. The Kier molecular flexibility index (Phi) is 33.5. The molecule has 2 aliphatic rings. The average molecular weight is 504 g/mol. The normalized spacial score (nSPS) is 13.1. The molecule has 0 radical (unpaired) electrons. The van der Waals surface area contributed by atoms with Gasteiger partial charge < -0.3 is 37.5 Å². The van der Waals surface area contributed by atoms with Crippen LogP contribution in [0, 0.1) is 12.3 Å². The van der Waals surface area contributed by atoms with Gasteiger partial charge in [0.05, 0.1) is 24.8 Å². The number of nitrogens with two attached hydrogens (primary N) is 2. The van der Waals surface area contributed by atoms with Crippen LogP contribution in [0.3, 0.4) is 0 Å². The summed E-state index contributed by atoms with van der Waals surface area (Å²) in [6, 6.07) is 0. The maximum Gasteiger partial charge on any atom is 0.171 e. The first-order valence-corrected chi connectivity index (χ1v) is 9.94. The Labute approximate surface area is 210 Å². The Morgan fingerprint density at radius 1 is 0.971 bits per heavy atom. The quantitative estimate of drug-likeness (QED) is 0.118. The molecule has 3 heterocycles. The van der Waals surface area contributed by atoms with Crippen molar-refractivity contribution in [3.63, 3.8) is 0 Å². The van der Waals surface area contributed by atoms with Crippen molar-refractivity contribution in [1.29, 1.82) is 5.41 Å². The summed E-state index contributed by atoms with van der Waals surface area (Å²) < 4.78 is 0. The van der Waals surface area contributed by atoms with E-state index in [2.05, 4.69) is 58.2 Å². The molecule has 0 aromatic carbocycles. The predicted octanol–water partition coefficient (Wildman–Crippen LogP) is 1.69. The van der Waals surface area contributed by atoms with Crippen molar-refractivity contribution in [1.82, 2.24) is 30.8 Å². The van der Waals surface area contributed by atoms with Gasteiger partial charge in [-0.05, 0) is 48.5 Å². The number of nitrogens with one attached hydrogen (secondary N) is 3. The minimum Gasteiger partial charge on any atom is -0.409 e. The lowest BCUT2D eigenvalue weighted by atomic mass is 10.5. The van der Waals surface area contributed by atoms with Crippen molar-refractivity contribution in [2.75, 3.05) is 33.2 Å². The topological polar surface area (TPSA) is 236 Å². The van der Waals surface area contributed by atoms with Gasteiger partial charge in [-0.25, -0.2) is 0 Å². The molecule has 0 spiro atoms. The summed E-state index contributed by atoms with van der Waals surface area (Å²) in [5, 5.41) is 42.7. The Hall–Kier alpha value is -3.78. The van der Waals surface area contributed by atoms with E-state index in [9.17, 15) is 0 Å². The first kappa shape index (κ1) is 41.5. The van der Waals surface area contributed by atoms with Gasteiger partial charge in [0, 0.05) is 25.8 Å². The molecule has 15 heteroatoms. The summed E-state index contributed by atoms with van der Waals surface area (Å²) in [6.45, 7) is 16.4. The second-order valence-corrected chi connectivity index (χ2v) is 6.69. The van der Waals surface area contributed by atoms with Gasteiger partial charge in [-0.2, -0.15) is 5.21 Å². The van der Waals surface area contributed by atoms with E-state index in [-0.39, 0.29) is 26.5 Å². The van der Waals surface area contributed by atoms with Gasteiger partial charge in [0.1, 0.15) is 11.7 Å². The van der Waals surface area contributed by atoms with E-state index in [1.54, 1.807) is 20.8 Å². The molecule has 0 amide bonds. The van der Waals surface area contributed by atoms with Crippen molar-refractivity contribution >= 4 is 29.1 Å². The third kappa shape index (κ3) is 41.0. The Morgan fingerprint density at radius 3 is 1.51 bits per heavy atom. The molecule has 0 aliphatic carbocycles. The molecule has 35 heavy (non-hydrogen) atoms. The zero-order chi connectivity index (χ0) is 26.2. The average Bonchev–Trinajstić information content (AvgIpc) is 3.49. The number of aliphatic imine (C=N–C) groups is 2. The highest BCUT2D eigenvalue weighted by atomic mass is 16.4. The molecule has 1 aromatic heterocycles. The molecule has 0 saturated heterocycles. The van der Waals surface area contributed by atoms with Gasteiger partial charge in [0.25, 0.3) is 0 Å². The van der Waals surface area contributed by atoms with Crippen molar-refractivity contribution in [2.45, 2.75) is 63.3 Å². The number of hydrogen-bond donors (Lipinski definition) is 7. The lowest BCUT2D eigenvalue weighted by Gasteiger charge is -2.07. The first-order valence-electron chi connectivity index (χ1n) is 9.94. The highest BCUT2D eigenvalue weighted by molar-refractivity contribution is 5.81. The number of aromatic amines is 1. The molecule has 0 fully saturated rings. The highest BCUT2D eigenvalue weighted by Crippen LogP contribution is 1.94. The van der Waals surface area contributed by atoms with Crippen LogP contribution in [0.1, 0.15) is 62.2 Å². The van der Waals surface area contributed by atoms with Crippen LogP contribution >= 0.6 is 0 Å². The standard InChI is InChI=1S/C5H10N2.C4H8N2.C3H7N.C2H4N4.2C2H6N2O.2CH4/c1-5-6-3-4-7(5)2;1-4-5-2-3-6-4;1-3(2)4;1-2-3-5-6-4-2;2*1-2(3)4-5;;/h3-4H2,1-2H3;2-3H2,1H3,(H,5,6);4H,1-2H3;1H3,(H,3,4,5,6);2*5H,1H3,(H2,3,4);2*1H4. The Balaban J connectivity index is -0.000000103. The van der Waals surface area contributed by atoms with Crippen LogP contribution in [-0.2, 0) is 0 Å². The van der Waals surface area contributed by atoms with Gasteiger partial charge >= 0.3 is 0 Å². The Bertz CT molecular complexity index is 701. The van der Waals surface area contributed by atoms with Crippen LogP contribution in [0.15, 0.2) is 20.3 Å². The molecule has 0 bridgehead atoms. The van der Waals surface area contributed by atoms with E-state index in [0.29, 0.717) is 11.5 Å². The second kappa shape index (κ2) is 28.3. The maximum atomic E-state index is 7.61. The van der Waals surface area contributed by atoms with Crippen LogP contribution in [0.5, 0.6) is 0 Å². The summed E-state index contributed by atoms with van der Waals surface area (Å²) in [4.78, 5) is 10.4. The number of H-pyrrole nitrogens is 1. The van der Waals surface area contributed by atoms with Crippen LogP contribution in [0.2, 0.25) is 0 Å². The number of nitrogens with zero attached hydrogens (tertiary/aromatic N) is 8. The van der Waals surface area contributed by atoms with E-state index in [1.165, 1.54) is 19.7 Å². The van der Waals surface area contributed by atoms with Gasteiger partial charge in [0.15, 0.2) is 5.82 Å². The summed E-state index contributed by atoms with van der Waals surface area (Å²) in [5.41, 5.74) is 10.2. The second-order valence-electron chi connectivity index (χ2n) is 6.69. The minimum absolute atomic E-state index is 0. The summed E-state index contributed by atoms with van der Waals surface area (Å²) >= 11 is 0. The molecule has 2 aliphatic heterocycles. The van der Waals surface area contributed by atoms with Crippen LogP contribution in [-0.4, -0.2) is 98.2 Å². The van der Waals surface area contributed by atoms with Gasteiger partial charge in [-0.15, -0.1) is 10.2 Å². The van der Waals surface area contributed by atoms with Crippen LogP contribution in [0.25, 0.3) is 0 Å². The van der Waals surface area contributed by atoms with E-state index in [0.717, 1.165) is 32.0 Å². The zero-order valence-electron chi connectivity index (χ0n) is 21.0. The minimum atomic E-state index is 0. The first-order chi connectivity index (χ1) is 15.4. The molecular weight excluding hydrogens is 454 g/mol. The number of oxime groups is 2. The molecule has 15 nitrogen and oxygen atoms in total. The van der Waals surface area contributed by atoms with E-state index < -0.39 is 0 Å². The zero-order valence-corrected chi connectivity index (χ0v) is 21.0. The number of hydrogen-bond acceptors (Lipinski definition) is 12. The monoisotopic (exact) mass is 503 g/mol. The number of rotatable bonds is 0. The molecule has 3 rings (SSSR count). The van der Waals surface area contributed by atoms with Gasteiger partial charge in [-0.3, -0.25) is 9.98 Å². The SMILES string of the molecule is C.C.C/C(N)=N/O.C/C(N)=N/O.CC(C)=N.CC1=NCCN1.CC1=NCCN1C.Cc1nn[nH]n1. The number of amidine groups is 4. The lowest BCUT2D eigenvalue weighted by molar-refractivity contribution is 0.318. The predicted molar refractivity (Wildman–Crippen MR) is 146 cm³/mol. The smallest absolute Gasteiger partial charge is 0.171 e.